The molecule has 0 amide bonds. The Morgan fingerprint density at radius 1 is 0.388 bits per heavy atom. The molecule has 0 saturated heterocycles. The summed E-state index contributed by atoms with van der Waals surface area (Å²) in [7, 11) is 0. The average molecular weight is 690 g/mol. The third kappa shape index (κ3) is 4.40. The number of fused-ring (bicyclic) bond motifs is 8. The largest absolute Gasteiger partial charge is 0.309 e. The summed E-state index contributed by atoms with van der Waals surface area (Å²) < 4.78 is 3.47. The molecule has 0 atom stereocenters. The molecule has 10 aromatic rings. The highest BCUT2D eigenvalue weighted by molar-refractivity contribution is 9.10. The molecule has 230 valence electrons. The lowest BCUT2D eigenvalue weighted by Crippen LogP contribution is -2.12. The molecule has 1 aromatic heterocycles. The van der Waals surface area contributed by atoms with E-state index in [0.29, 0.717) is 0 Å². The van der Waals surface area contributed by atoms with Crippen LogP contribution in [0.5, 0.6) is 0 Å². The van der Waals surface area contributed by atoms with E-state index in [1.54, 1.807) is 0 Å². The first kappa shape index (κ1) is 28.1. The van der Waals surface area contributed by atoms with E-state index in [-0.39, 0.29) is 0 Å². The lowest BCUT2D eigenvalue weighted by atomic mass is 10.0. The minimum Gasteiger partial charge on any atom is -0.309 e. The van der Waals surface area contributed by atoms with Crippen molar-refractivity contribution in [2.75, 3.05) is 4.90 Å². The first-order valence-corrected chi connectivity index (χ1v) is 17.4. The molecule has 10 rings (SSSR count). The maximum atomic E-state index is 4.22. The van der Waals surface area contributed by atoms with E-state index >= 15 is 0 Å². The van der Waals surface area contributed by atoms with Crippen LogP contribution in [0.1, 0.15) is 0 Å². The predicted octanol–water partition coefficient (Wildman–Crippen LogP) is 13.6. The van der Waals surface area contributed by atoms with E-state index in [0.717, 1.165) is 27.2 Å². The molecule has 9 aromatic carbocycles. The van der Waals surface area contributed by atoms with Crippen molar-refractivity contribution in [3.63, 3.8) is 0 Å². The summed E-state index contributed by atoms with van der Waals surface area (Å²) >= 11 is 4.22. The van der Waals surface area contributed by atoms with Gasteiger partial charge in [-0.25, -0.2) is 0 Å². The summed E-state index contributed by atoms with van der Waals surface area (Å²) in [6.45, 7) is 0. The Balaban J connectivity index is 1.29. The summed E-state index contributed by atoms with van der Waals surface area (Å²) in [6.07, 6.45) is 0. The van der Waals surface area contributed by atoms with Gasteiger partial charge < -0.3 is 9.47 Å². The summed E-state index contributed by atoms with van der Waals surface area (Å²) in [5.74, 6) is 0. The van der Waals surface area contributed by atoms with Gasteiger partial charge in [0.05, 0.1) is 32.6 Å². The normalized spacial score (nSPS) is 11.8. The first-order chi connectivity index (χ1) is 24.2. The molecule has 0 N–H and O–H groups in total. The molecule has 2 nitrogen and oxygen atoms in total. The molecule has 3 heteroatoms. The lowest BCUT2D eigenvalue weighted by molar-refractivity contribution is 1.16. The van der Waals surface area contributed by atoms with Crippen molar-refractivity contribution >= 4 is 97.9 Å². The Labute approximate surface area is 292 Å². The van der Waals surface area contributed by atoms with E-state index < -0.39 is 0 Å². The Hall–Kier alpha value is -5.90. The molecule has 0 radical (unpaired) electrons. The monoisotopic (exact) mass is 688 g/mol. The number of hydrogen-bond donors (Lipinski definition) is 0. The van der Waals surface area contributed by atoms with E-state index in [1.165, 1.54) is 64.9 Å². The maximum Gasteiger partial charge on any atom is 0.0656 e. The molecule has 0 saturated carbocycles. The Bertz CT molecular complexity index is 2910. The molecule has 0 spiro atoms. The molecule has 0 bridgehead atoms. The summed E-state index contributed by atoms with van der Waals surface area (Å²) in [6, 6.07) is 63.9. The summed E-state index contributed by atoms with van der Waals surface area (Å²) in [4.78, 5) is 2.40. The van der Waals surface area contributed by atoms with E-state index in [2.05, 4.69) is 201 Å². The van der Waals surface area contributed by atoms with Crippen molar-refractivity contribution in [2.45, 2.75) is 0 Å². The fourth-order valence-corrected chi connectivity index (χ4v) is 8.33. The van der Waals surface area contributed by atoms with Crippen molar-refractivity contribution in [3.8, 4) is 5.69 Å². The number of aromatic nitrogens is 1. The molecule has 0 aliphatic carbocycles. The molecule has 0 fully saturated rings. The number of hydrogen-bond acceptors (Lipinski definition) is 1. The Morgan fingerprint density at radius 3 is 1.76 bits per heavy atom. The fourth-order valence-electron chi connectivity index (χ4n) is 7.71. The van der Waals surface area contributed by atoms with Gasteiger partial charge in [-0.3, -0.25) is 0 Å². The fraction of sp³-hybridized carbons (Fsp3) is 0. The highest BCUT2D eigenvalue weighted by Crippen LogP contribution is 2.46. The van der Waals surface area contributed by atoms with Crippen molar-refractivity contribution in [3.05, 3.63) is 180 Å². The van der Waals surface area contributed by atoms with E-state index in [9.17, 15) is 0 Å². The zero-order valence-electron chi connectivity index (χ0n) is 26.5. The van der Waals surface area contributed by atoms with Gasteiger partial charge in [0.15, 0.2) is 0 Å². The van der Waals surface area contributed by atoms with Gasteiger partial charge in [0.2, 0.25) is 0 Å². The quantitative estimate of drug-likeness (QED) is 0.179. The Kier molecular flexibility index (Phi) is 6.37. The Morgan fingerprint density at radius 2 is 0.959 bits per heavy atom. The van der Waals surface area contributed by atoms with Crippen LogP contribution in [0.2, 0.25) is 0 Å². The van der Waals surface area contributed by atoms with Crippen LogP contribution in [-0.2, 0) is 0 Å². The highest BCUT2D eigenvalue weighted by Gasteiger charge is 2.23. The third-order valence-corrected chi connectivity index (χ3v) is 10.8. The molecule has 0 aliphatic heterocycles. The predicted molar refractivity (Wildman–Crippen MR) is 213 cm³/mol. The van der Waals surface area contributed by atoms with Gasteiger partial charge in [0.1, 0.15) is 0 Å². The van der Waals surface area contributed by atoms with Gasteiger partial charge in [0.25, 0.3) is 0 Å². The number of nitrogens with zero attached hydrogens (tertiary/aromatic N) is 2. The number of halogens is 1. The van der Waals surface area contributed by atoms with Crippen LogP contribution in [0.3, 0.4) is 0 Å². The molecule has 0 aliphatic rings. The second-order valence-electron chi connectivity index (χ2n) is 12.7. The van der Waals surface area contributed by atoms with Crippen molar-refractivity contribution < 1.29 is 0 Å². The zero-order chi connectivity index (χ0) is 32.5. The van der Waals surface area contributed by atoms with Crippen molar-refractivity contribution in [1.82, 2.24) is 4.57 Å². The van der Waals surface area contributed by atoms with Crippen LogP contribution >= 0.6 is 15.9 Å². The molecule has 1 heterocycles. The zero-order valence-corrected chi connectivity index (χ0v) is 28.1. The van der Waals surface area contributed by atoms with Crippen LogP contribution in [-0.4, -0.2) is 4.57 Å². The lowest BCUT2D eigenvalue weighted by Gasteiger charge is -2.29. The topological polar surface area (TPSA) is 8.17 Å². The van der Waals surface area contributed by atoms with Crippen LogP contribution in [0.25, 0.3) is 70.6 Å². The van der Waals surface area contributed by atoms with Gasteiger partial charge in [0, 0.05) is 21.8 Å². The summed E-state index contributed by atoms with van der Waals surface area (Å²) in [5, 5.41) is 12.3. The first-order valence-electron chi connectivity index (χ1n) is 16.6. The second-order valence-corrected chi connectivity index (χ2v) is 13.5. The number of rotatable bonds is 4. The standard InChI is InChI=1S/C46H29BrN2/c47-46-42(48(36-25-23-30-11-1-2-14-33(30)27-36)40-20-9-17-31-12-5-7-18-37(31)40)21-10-22-43(46)49-41-26-24-32-13-6-8-19-38(32)45(41)39-28-34-15-3-4-16-35(34)29-44(39)49/h1-29H. The van der Waals surface area contributed by atoms with Gasteiger partial charge >= 0.3 is 0 Å². The molecule has 49 heavy (non-hydrogen) atoms. The van der Waals surface area contributed by atoms with Crippen molar-refractivity contribution in [2.24, 2.45) is 0 Å². The van der Waals surface area contributed by atoms with Crippen LogP contribution in [0.4, 0.5) is 17.1 Å². The molecular weight excluding hydrogens is 660 g/mol. The van der Waals surface area contributed by atoms with E-state index in [4.69, 9.17) is 0 Å². The minimum atomic E-state index is 1.02. The van der Waals surface area contributed by atoms with E-state index in [1.807, 2.05) is 0 Å². The minimum absolute atomic E-state index is 1.02. The number of benzene rings is 9. The summed E-state index contributed by atoms with van der Waals surface area (Å²) in [5.41, 5.74) is 6.77. The maximum absolute atomic E-state index is 4.22. The second kappa shape index (κ2) is 11.1. The number of anilines is 3. The van der Waals surface area contributed by atoms with Crippen LogP contribution in [0.15, 0.2) is 180 Å². The van der Waals surface area contributed by atoms with Gasteiger partial charge in [-0.1, -0.05) is 127 Å². The van der Waals surface area contributed by atoms with Crippen LogP contribution < -0.4 is 4.90 Å². The van der Waals surface area contributed by atoms with Crippen molar-refractivity contribution in [1.29, 1.82) is 0 Å². The highest BCUT2D eigenvalue weighted by atomic mass is 79.9. The van der Waals surface area contributed by atoms with Gasteiger partial charge in [-0.05, 0) is 102 Å². The molecule has 0 unspecified atom stereocenters. The van der Waals surface area contributed by atoms with Crippen LogP contribution in [0, 0.1) is 0 Å². The molecular formula is C46H29BrN2. The smallest absolute Gasteiger partial charge is 0.0656 e. The third-order valence-electron chi connectivity index (χ3n) is 9.96. The average Bonchev–Trinajstić information content (AvgIpc) is 3.48. The van der Waals surface area contributed by atoms with Gasteiger partial charge in [-0.15, -0.1) is 0 Å². The SMILES string of the molecule is Brc1c(N(c2ccc3ccccc3c2)c2cccc3ccccc23)cccc1-n1c2cc3ccccc3cc2c2c3ccccc3ccc21. The van der Waals surface area contributed by atoms with Gasteiger partial charge in [-0.2, -0.15) is 0 Å².